The monoisotopic (exact) mass is 649 g/mol. The minimum Gasteiger partial charge on any atom is -0.455 e. The van der Waals surface area contributed by atoms with Crippen molar-refractivity contribution < 1.29 is 4.42 Å². The number of hydrogen-bond donors (Lipinski definition) is 0. The van der Waals surface area contributed by atoms with E-state index in [9.17, 15) is 0 Å². The van der Waals surface area contributed by atoms with Crippen molar-refractivity contribution in [2.24, 2.45) is 0 Å². The predicted molar refractivity (Wildman–Crippen MR) is 208 cm³/mol. The van der Waals surface area contributed by atoms with Crippen molar-refractivity contribution in [2.75, 3.05) is 0 Å². The second-order valence-electron chi connectivity index (χ2n) is 13.1. The molecule has 236 valence electrons. The average molecular weight is 650 g/mol. The van der Waals surface area contributed by atoms with Crippen LogP contribution in [-0.2, 0) is 0 Å². The second-order valence-corrected chi connectivity index (χ2v) is 13.1. The Morgan fingerprint density at radius 1 is 0.314 bits per heavy atom. The summed E-state index contributed by atoms with van der Waals surface area (Å²) in [5.74, 6) is 1.93. The Balaban J connectivity index is 1.15. The third-order valence-electron chi connectivity index (χ3n) is 10.3. The maximum atomic E-state index is 6.75. The smallest absolute Gasteiger partial charge is 0.164 e. The molecule has 2 heterocycles. The van der Waals surface area contributed by atoms with Gasteiger partial charge in [0.1, 0.15) is 11.2 Å². The Kier molecular flexibility index (Phi) is 5.92. The molecule has 11 rings (SSSR count). The molecule has 0 saturated carbocycles. The molecule has 8 aromatic carbocycles. The van der Waals surface area contributed by atoms with E-state index in [2.05, 4.69) is 103 Å². The lowest BCUT2D eigenvalue weighted by atomic mass is 9.92. The minimum atomic E-state index is 0.640. The fourth-order valence-electron chi connectivity index (χ4n) is 8.04. The topological polar surface area (TPSA) is 51.8 Å². The molecular formula is C47H27N3O. The first kappa shape index (κ1) is 28.0. The van der Waals surface area contributed by atoms with Crippen LogP contribution in [0, 0.1) is 0 Å². The molecule has 0 fully saturated rings. The molecule has 0 amide bonds. The van der Waals surface area contributed by atoms with E-state index in [1.54, 1.807) is 0 Å². The average Bonchev–Trinajstić information content (AvgIpc) is 3.75. The minimum absolute atomic E-state index is 0.640. The van der Waals surface area contributed by atoms with Crippen molar-refractivity contribution in [3.63, 3.8) is 0 Å². The van der Waals surface area contributed by atoms with Crippen LogP contribution in [-0.4, -0.2) is 15.0 Å². The Morgan fingerprint density at radius 3 is 1.49 bits per heavy atom. The van der Waals surface area contributed by atoms with Gasteiger partial charge in [-0.2, -0.15) is 0 Å². The summed E-state index contributed by atoms with van der Waals surface area (Å²) in [7, 11) is 0. The molecule has 0 atom stereocenters. The summed E-state index contributed by atoms with van der Waals surface area (Å²) in [5, 5.41) is 6.86. The van der Waals surface area contributed by atoms with Gasteiger partial charge < -0.3 is 4.42 Å². The van der Waals surface area contributed by atoms with Crippen molar-refractivity contribution in [1.29, 1.82) is 0 Å². The Labute approximate surface area is 293 Å². The van der Waals surface area contributed by atoms with Crippen LogP contribution in [0.15, 0.2) is 168 Å². The number of furan rings is 1. The zero-order chi connectivity index (χ0) is 33.5. The van der Waals surface area contributed by atoms with Gasteiger partial charge in [-0.05, 0) is 56.3 Å². The number of nitrogens with zero attached hydrogens (tertiary/aromatic N) is 3. The summed E-state index contributed by atoms with van der Waals surface area (Å²) in [5.41, 5.74) is 12.0. The number of hydrogen-bond acceptors (Lipinski definition) is 4. The molecule has 51 heavy (non-hydrogen) atoms. The zero-order valence-electron chi connectivity index (χ0n) is 27.3. The normalized spacial score (nSPS) is 11.9. The molecular weight excluding hydrogens is 623 g/mol. The van der Waals surface area contributed by atoms with Gasteiger partial charge in [-0.15, -0.1) is 0 Å². The number of aromatic nitrogens is 3. The van der Waals surface area contributed by atoms with Gasteiger partial charge in [0, 0.05) is 38.2 Å². The lowest BCUT2D eigenvalue weighted by Crippen LogP contribution is -2.00. The quantitative estimate of drug-likeness (QED) is 0.190. The number of fused-ring (bicyclic) bond motifs is 8. The van der Waals surface area contributed by atoms with E-state index in [0.717, 1.165) is 65.9 Å². The first-order chi connectivity index (χ1) is 25.3. The van der Waals surface area contributed by atoms with Gasteiger partial charge in [-0.25, -0.2) is 15.0 Å². The van der Waals surface area contributed by atoms with Gasteiger partial charge >= 0.3 is 0 Å². The van der Waals surface area contributed by atoms with Gasteiger partial charge in [0.05, 0.1) is 0 Å². The van der Waals surface area contributed by atoms with Crippen molar-refractivity contribution in [1.82, 2.24) is 15.0 Å². The van der Waals surface area contributed by atoms with Gasteiger partial charge in [0.15, 0.2) is 17.5 Å². The number of benzene rings is 8. The Bertz CT molecular complexity index is 2960. The van der Waals surface area contributed by atoms with Gasteiger partial charge in [0.25, 0.3) is 0 Å². The highest BCUT2D eigenvalue weighted by Gasteiger charge is 2.25. The van der Waals surface area contributed by atoms with Crippen LogP contribution in [0.5, 0.6) is 0 Å². The molecule has 0 saturated heterocycles. The van der Waals surface area contributed by atoms with Crippen molar-refractivity contribution in [3.8, 4) is 67.5 Å². The SMILES string of the molecule is c1ccc(-c2nc(-c3ccccc3)nc(-c3cccc4c(-c5cccc6oc7c8cccc9c8c(cc7c56)-c5ccccc5-9)cccc34)n2)cc1. The molecule has 0 unspecified atom stereocenters. The highest BCUT2D eigenvalue weighted by Crippen LogP contribution is 2.51. The van der Waals surface area contributed by atoms with Crippen LogP contribution < -0.4 is 0 Å². The lowest BCUT2D eigenvalue weighted by Gasteiger charge is -2.13. The Morgan fingerprint density at radius 2 is 0.804 bits per heavy atom. The number of rotatable bonds is 4. The van der Waals surface area contributed by atoms with E-state index in [-0.39, 0.29) is 0 Å². The van der Waals surface area contributed by atoms with Crippen LogP contribution in [0.2, 0.25) is 0 Å². The second kappa shape index (κ2) is 10.8. The fourth-order valence-corrected chi connectivity index (χ4v) is 8.04. The van der Waals surface area contributed by atoms with Crippen LogP contribution in [0.25, 0.3) is 111 Å². The predicted octanol–water partition coefficient (Wildman–Crippen LogP) is 12.4. The molecule has 1 aliphatic carbocycles. The maximum Gasteiger partial charge on any atom is 0.164 e. The fraction of sp³-hybridized carbons (Fsp3) is 0. The highest BCUT2D eigenvalue weighted by molar-refractivity contribution is 6.28. The van der Waals surface area contributed by atoms with Gasteiger partial charge in [-0.3, -0.25) is 0 Å². The van der Waals surface area contributed by atoms with E-state index in [0.29, 0.717) is 17.5 Å². The zero-order valence-corrected chi connectivity index (χ0v) is 27.3. The third kappa shape index (κ3) is 4.17. The molecule has 0 bridgehead atoms. The summed E-state index contributed by atoms with van der Waals surface area (Å²) in [4.78, 5) is 15.1. The Hall–Kier alpha value is -6.91. The molecule has 4 nitrogen and oxygen atoms in total. The molecule has 4 heteroatoms. The molecule has 2 aromatic heterocycles. The summed E-state index contributed by atoms with van der Waals surface area (Å²) in [6, 6.07) is 57.2. The summed E-state index contributed by atoms with van der Waals surface area (Å²) < 4.78 is 6.75. The lowest BCUT2D eigenvalue weighted by molar-refractivity contribution is 0.673. The van der Waals surface area contributed by atoms with E-state index in [4.69, 9.17) is 19.4 Å². The van der Waals surface area contributed by atoms with Crippen LogP contribution in [0.3, 0.4) is 0 Å². The van der Waals surface area contributed by atoms with Gasteiger partial charge in [-0.1, -0.05) is 152 Å². The summed E-state index contributed by atoms with van der Waals surface area (Å²) >= 11 is 0. The molecule has 10 aromatic rings. The van der Waals surface area contributed by atoms with Crippen molar-refractivity contribution in [2.45, 2.75) is 0 Å². The molecule has 1 aliphatic rings. The standard InChI is InChI=1S/C47H27N3O/c1-3-13-28(14-4-1)45-48-46(29-15-5-2-6-16-29)50-47(49-45)37-24-10-19-30-32(20-9-21-33(30)37)36-23-12-26-41-43(36)40-27-39-34-18-8-7-17-31(34)35-22-11-25-38(42(35)39)44(40)51-41/h1-27H. The van der Waals surface area contributed by atoms with Crippen LogP contribution >= 0.6 is 0 Å². The van der Waals surface area contributed by atoms with E-state index < -0.39 is 0 Å². The first-order valence-corrected chi connectivity index (χ1v) is 17.2. The van der Waals surface area contributed by atoms with Gasteiger partial charge in [0.2, 0.25) is 0 Å². The third-order valence-corrected chi connectivity index (χ3v) is 10.3. The molecule has 0 spiro atoms. The molecule has 0 aliphatic heterocycles. The van der Waals surface area contributed by atoms with Crippen molar-refractivity contribution >= 4 is 43.5 Å². The van der Waals surface area contributed by atoms with Crippen LogP contribution in [0.4, 0.5) is 0 Å². The molecule has 0 radical (unpaired) electrons. The van der Waals surface area contributed by atoms with E-state index in [1.165, 1.54) is 27.6 Å². The van der Waals surface area contributed by atoms with E-state index >= 15 is 0 Å². The summed E-state index contributed by atoms with van der Waals surface area (Å²) in [6.07, 6.45) is 0. The molecule has 0 N–H and O–H groups in total. The maximum absolute atomic E-state index is 6.75. The van der Waals surface area contributed by atoms with E-state index in [1.807, 2.05) is 60.7 Å². The first-order valence-electron chi connectivity index (χ1n) is 17.2. The van der Waals surface area contributed by atoms with Crippen LogP contribution in [0.1, 0.15) is 0 Å². The highest BCUT2D eigenvalue weighted by atomic mass is 16.3. The summed E-state index contributed by atoms with van der Waals surface area (Å²) in [6.45, 7) is 0. The van der Waals surface area contributed by atoms with Crippen molar-refractivity contribution in [3.05, 3.63) is 164 Å². The largest absolute Gasteiger partial charge is 0.455 e.